The molecule has 3 nitrogen and oxygen atoms in total. The molecule has 28 heavy (non-hydrogen) atoms. The number of piperidine rings is 1. The Hall–Kier alpha value is -1.71. The van der Waals surface area contributed by atoms with E-state index in [1.807, 2.05) is 12.1 Å². The summed E-state index contributed by atoms with van der Waals surface area (Å²) in [7, 11) is 1.75. The first-order chi connectivity index (χ1) is 13.4. The number of methoxy groups -OCH3 is 1. The second kappa shape index (κ2) is 12.7. The summed E-state index contributed by atoms with van der Waals surface area (Å²) in [6.45, 7) is 1.96. The molecule has 1 heterocycles. The highest BCUT2D eigenvalue weighted by atomic mass is 35.5. The smallest absolute Gasteiger partial charge is 0.122 e. The van der Waals surface area contributed by atoms with Crippen LogP contribution in [-0.2, 0) is 12.8 Å². The Labute approximate surface area is 176 Å². The van der Waals surface area contributed by atoms with E-state index in [2.05, 4.69) is 41.7 Å². The van der Waals surface area contributed by atoms with Crippen molar-refractivity contribution in [1.82, 2.24) is 5.32 Å². The minimum absolute atomic E-state index is 0. The minimum atomic E-state index is 0. The molecule has 0 radical (unpaired) electrons. The van der Waals surface area contributed by atoms with Gasteiger partial charge in [-0.1, -0.05) is 42.8 Å². The van der Waals surface area contributed by atoms with Crippen LogP contribution >= 0.6 is 12.4 Å². The van der Waals surface area contributed by atoms with Crippen LogP contribution in [0.5, 0.6) is 11.5 Å². The van der Waals surface area contributed by atoms with Gasteiger partial charge in [-0.05, 0) is 74.8 Å². The van der Waals surface area contributed by atoms with E-state index in [0.29, 0.717) is 6.04 Å². The molecule has 1 aliphatic heterocycles. The Kier molecular flexibility index (Phi) is 10.2. The summed E-state index contributed by atoms with van der Waals surface area (Å²) in [6, 6.07) is 17.5. The van der Waals surface area contributed by atoms with Gasteiger partial charge in [0.1, 0.15) is 11.5 Å². The van der Waals surface area contributed by atoms with Crippen molar-refractivity contribution >= 4 is 12.4 Å². The third-order valence-electron chi connectivity index (χ3n) is 5.44. The fourth-order valence-corrected chi connectivity index (χ4v) is 3.87. The van der Waals surface area contributed by atoms with E-state index >= 15 is 0 Å². The molecule has 0 aliphatic carbocycles. The second-order valence-electron chi connectivity index (χ2n) is 7.41. The van der Waals surface area contributed by atoms with Crippen LogP contribution in [0.4, 0.5) is 0 Å². The monoisotopic (exact) mass is 403 g/mol. The number of unbranched alkanes of at least 4 members (excludes halogenated alkanes) is 1. The Morgan fingerprint density at radius 3 is 2.18 bits per heavy atom. The Morgan fingerprint density at radius 1 is 0.893 bits per heavy atom. The van der Waals surface area contributed by atoms with Crippen LogP contribution in [0.3, 0.4) is 0 Å². The maximum Gasteiger partial charge on any atom is 0.122 e. The van der Waals surface area contributed by atoms with Gasteiger partial charge in [-0.3, -0.25) is 0 Å². The van der Waals surface area contributed by atoms with Gasteiger partial charge in [0.05, 0.1) is 13.7 Å². The Bertz CT molecular complexity index is 686. The van der Waals surface area contributed by atoms with Gasteiger partial charge in [-0.15, -0.1) is 12.4 Å². The van der Waals surface area contributed by atoms with Crippen molar-refractivity contribution in [3.63, 3.8) is 0 Å². The van der Waals surface area contributed by atoms with Crippen LogP contribution in [0, 0.1) is 0 Å². The lowest BCUT2D eigenvalue weighted by molar-refractivity contribution is 0.266. The zero-order valence-electron chi connectivity index (χ0n) is 17.0. The maximum atomic E-state index is 6.13. The molecule has 1 atom stereocenters. The zero-order valence-corrected chi connectivity index (χ0v) is 17.8. The summed E-state index contributed by atoms with van der Waals surface area (Å²) in [6.07, 6.45) is 9.47. The van der Waals surface area contributed by atoms with Crippen molar-refractivity contribution in [3.05, 3.63) is 59.7 Å². The summed E-state index contributed by atoms with van der Waals surface area (Å²) < 4.78 is 11.6. The standard InChI is InChI=1S/C24H33NO2.ClH/c1-26-23-15-6-4-11-20(23)10-2-3-12-21-13-5-7-16-24(21)27-19-17-22-14-8-9-18-25-22;/h4-7,11,13,15-16,22,25H,2-3,8-10,12,14,17-19H2,1H3;1H. The quantitative estimate of drug-likeness (QED) is 0.524. The molecule has 1 unspecified atom stereocenters. The molecule has 2 aromatic rings. The van der Waals surface area contributed by atoms with Crippen molar-refractivity contribution in [2.75, 3.05) is 20.3 Å². The van der Waals surface area contributed by atoms with Crippen LogP contribution < -0.4 is 14.8 Å². The maximum absolute atomic E-state index is 6.13. The molecule has 3 rings (SSSR count). The molecule has 0 spiro atoms. The molecule has 154 valence electrons. The first-order valence-electron chi connectivity index (χ1n) is 10.4. The Balaban J connectivity index is 0.00000280. The van der Waals surface area contributed by atoms with Gasteiger partial charge < -0.3 is 14.8 Å². The summed E-state index contributed by atoms with van der Waals surface area (Å²) in [4.78, 5) is 0. The molecule has 2 aromatic carbocycles. The summed E-state index contributed by atoms with van der Waals surface area (Å²) in [5, 5.41) is 3.60. The summed E-state index contributed by atoms with van der Waals surface area (Å²) in [5.74, 6) is 2.06. The molecule has 0 amide bonds. The van der Waals surface area contributed by atoms with Crippen LogP contribution in [0.25, 0.3) is 0 Å². The number of benzene rings is 2. The fourth-order valence-electron chi connectivity index (χ4n) is 3.87. The van der Waals surface area contributed by atoms with Crippen molar-refractivity contribution in [1.29, 1.82) is 0 Å². The second-order valence-corrected chi connectivity index (χ2v) is 7.41. The topological polar surface area (TPSA) is 30.5 Å². The normalized spacial score (nSPS) is 16.2. The minimum Gasteiger partial charge on any atom is -0.496 e. The molecule has 4 heteroatoms. The average Bonchev–Trinajstić information content (AvgIpc) is 2.73. The van der Waals surface area contributed by atoms with Crippen LogP contribution in [0.1, 0.15) is 49.7 Å². The predicted molar refractivity (Wildman–Crippen MR) is 119 cm³/mol. The fraction of sp³-hybridized carbons (Fsp3) is 0.500. The molecule has 0 saturated carbocycles. The lowest BCUT2D eigenvalue weighted by Gasteiger charge is -2.23. The molecule has 1 aliphatic rings. The first-order valence-corrected chi connectivity index (χ1v) is 10.4. The SMILES string of the molecule is COc1ccccc1CCCCc1ccccc1OCCC1CCCCN1.Cl. The molecule has 1 N–H and O–H groups in total. The number of ether oxygens (including phenoxy) is 2. The van der Waals surface area contributed by atoms with Crippen LogP contribution in [-0.4, -0.2) is 26.3 Å². The van der Waals surface area contributed by atoms with E-state index in [9.17, 15) is 0 Å². The highest BCUT2D eigenvalue weighted by Gasteiger charge is 2.12. The van der Waals surface area contributed by atoms with Gasteiger partial charge in [-0.2, -0.15) is 0 Å². The van der Waals surface area contributed by atoms with Gasteiger partial charge in [-0.25, -0.2) is 0 Å². The van der Waals surface area contributed by atoms with Crippen molar-refractivity contribution in [3.8, 4) is 11.5 Å². The predicted octanol–water partition coefficient (Wildman–Crippen LogP) is 5.59. The molecule has 1 fully saturated rings. The largest absolute Gasteiger partial charge is 0.496 e. The zero-order chi connectivity index (χ0) is 18.7. The number of para-hydroxylation sites is 2. The number of hydrogen-bond acceptors (Lipinski definition) is 3. The van der Waals surface area contributed by atoms with Gasteiger partial charge in [0, 0.05) is 6.04 Å². The van der Waals surface area contributed by atoms with E-state index < -0.39 is 0 Å². The summed E-state index contributed by atoms with van der Waals surface area (Å²) in [5.41, 5.74) is 2.62. The molecular formula is C24H34ClNO2. The number of rotatable bonds is 10. The highest BCUT2D eigenvalue weighted by Crippen LogP contribution is 2.23. The van der Waals surface area contributed by atoms with E-state index in [-0.39, 0.29) is 12.4 Å². The van der Waals surface area contributed by atoms with Gasteiger partial charge in [0.2, 0.25) is 0 Å². The molecular weight excluding hydrogens is 370 g/mol. The number of hydrogen-bond donors (Lipinski definition) is 1. The van der Waals surface area contributed by atoms with Crippen LogP contribution in [0.2, 0.25) is 0 Å². The molecule has 0 bridgehead atoms. The van der Waals surface area contributed by atoms with Gasteiger partial charge >= 0.3 is 0 Å². The van der Waals surface area contributed by atoms with Crippen molar-refractivity contribution < 1.29 is 9.47 Å². The highest BCUT2D eigenvalue weighted by molar-refractivity contribution is 5.85. The lowest BCUT2D eigenvalue weighted by atomic mass is 10.0. The third kappa shape index (κ3) is 7.03. The average molecular weight is 404 g/mol. The first kappa shape index (κ1) is 22.6. The van der Waals surface area contributed by atoms with E-state index in [0.717, 1.165) is 56.8 Å². The number of nitrogens with one attached hydrogen (secondary N) is 1. The van der Waals surface area contributed by atoms with Gasteiger partial charge in [0.15, 0.2) is 0 Å². The molecule has 1 saturated heterocycles. The lowest BCUT2D eigenvalue weighted by Crippen LogP contribution is -2.35. The van der Waals surface area contributed by atoms with Gasteiger partial charge in [0.25, 0.3) is 0 Å². The van der Waals surface area contributed by atoms with Crippen molar-refractivity contribution in [2.45, 2.75) is 57.4 Å². The number of aryl methyl sites for hydroxylation is 2. The Morgan fingerprint density at radius 2 is 1.54 bits per heavy atom. The van der Waals surface area contributed by atoms with Crippen molar-refractivity contribution in [2.24, 2.45) is 0 Å². The van der Waals surface area contributed by atoms with E-state index in [4.69, 9.17) is 9.47 Å². The van der Waals surface area contributed by atoms with Crippen LogP contribution in [0.15, 0.2) is 48.5 Å². The van der Waals surface area contributed by atoms with E-state index in [1.165, 1.54) is 30.4 Å². The third-order valence-corrected chi connectivity index (χ3v) is 5.44. The number of halogens is 1. The molecule has 0 aromatic heterocycles. The summed E-state index contributed by atoms with van der Waals surface area (Å²) >= 11 is 0. The van der Waals surface area contributed by atoms with E-state index in [1.54, 1.807) is 7.11 Å².